The van der Waals surface area contributed by atoms with Gasteiger partial charge in [0, 0.05) is 20.1 Å². The van der Waals surface area contributed by atoms with Crippen molar-refractivity contribution in [2.45, 2.75) is 19.9 Å². The van der Waals surface area contributed by atoms with Crippen molar-refractivity contribution in [3.63, 3.8) is 0 Å². The average molecular weight is 270 g/mol. The monoisotopic (exact) mass is 270 g/mol. The zero-order valence-electron chi connectivity index (χ0n) is 12.1. The normalized spacial score (nSPS) is 10.3. The second-order valence-electron chi connectivity index (χ2n) is 4.89. The molecule has 20 heavy (non-hydrogen) atoms. The Morgan fingerprint density at radius 1 is 1.25 bits per heavy atom. The zero-order valence-corrected chi connectivity index (χ0v) is 12.1. The quantitative estimate of drug-likeness (QED) is 0.847. The minimum absolute atomic E-state index is 0.682. The van der Waals surface area contributed by atoms with Gasteiger partial charge in [-0.1, -0.05) is 37.3 Å². The van der Waals surface area contributed by atoms with E-state index in [1.165, 1.54) is 5.56 Å². The van der Waals surface area contributed by atoms with Gasteiger partial charge in [0.15, 0.2) is 0 Å². The summed E-state index contributed by atoms with van der Waals surface area (Å²) in [5, 5.41) is 3.27. The number of benzene rings is 1. The Bertz CT molecular complexity index is 539. The molecule has 0 spiro atoms. The first-order valence-corrected chi connectivity index (χ1v) is 6.95. The molecular formula is C16H22N4. The van der Waals surface area contributed by atoms with E-state index < -0.39 is 0 Å². The van der Waals surface area contributed by atoms with Crippen molar-refractivity contribution >= 4 is 17.2 Å². The molecule has 4 heteroatoms. The Kier molecular flexibility index (Phi) is 4.82. The molecule has 0 aliphatic rings. The largest absolute Gasteiger partial charge is 0.396 e. The van der Waals surface area contributed by atoms with Crippen LogP contribution in [-0.4, -0.2) is 18.6 Å². The molecule has 3 N–H and O–H groups in total. The van der Waals surface area contributed by atoms with Gasteiger partial charge in [0.1, 0.15) is 5.82 Å². The first-order valence-electron chi connectivity index (χ1n) is 6.95. The molecule has 4 nitrogen and oxygen atoms in total. The van der Waals surface area contributed by atoms with E-state index in [0.29, 0.717) is 5.69 Å². The second kappa shape index (κ2) is 6.80. The summed E-state index contributed by atoms with van der Waals surface area (Å²) in [5.41, 5.74) is 9.01. The fourth-order valence-electron chi connectivity index (χ4n) is 2.07. The van der Waals surface area contributed by atoms with Crippen molar-refractivity contribution in [1.29, 1.82) is 0 Å². The van der Waals surface area contributed by atoms with Gasteiger partial charge < -0.3 is 16.0 Å². The van der Waals surface area contributed by atoms with E-state index in [1.54, 1.807) is 0 Å². The van der Waals surface area contributed by atoms with Crippen molar-refractivity contribution < 1.29 is 0 Å². The molecule has 1 aromatic carbocycles. The number of anilines is 3. The molecule has 0 fully saturated rings. The van der Waals surface area contributed by atoms with Crippen molar-refractivity contribution in [1.82, 2.24) is 4.98 Å². The van der Waals surface area contributed by atoms with Gasteiger partial charge in [-0.15, -0.1) is 0 Å². The van der Waals surface area contributed by atoms with Crippen LogP contribution in [0.4, 0.5) is 17.2 Å². The molecule has 1 aromatic heterocycles. The van der Waals surface area contributed by atoms with E-state index in [-0.39, 0.29) is 0 Å². The predicted molar refractivity (Wildman–Crippen MR) is 86.0 cm³/mol. The number of rotatable bonds is 6. The number of nitrogen functional groups attached to an aromatic ring is 1. The first kappa shape index (κ1) is 14.2. The maximum Gasteiger partial charge on any atom is 0.149 e. The van der Waals surface area contributed by atoms with Crippen LogP contribution < -0.4 is 16.0 Å². The van der Waals surface area contributed by atoms with E-state index in [4.69, 9.17) is 5.73 Å². The molecule has 106 valence electrons. The number of hydrogen-bond donors (Lipinski definition) is 2. The topological polar surface area (TPSA) is 54.2 Å². The summed E-state index contributed by atoms with van der Waals surface area (Å²) in [6.45, 7) is 3.88. The summed E-state index contributed by atoms with van der Waals surface area (Å²) >= 11 is 0. The number of nitrogens with zero attached hydrogens (tertiary/aromatic N) is 2. The van der Waals surface area contributed by atoms with E-state index in [1.807, 2.05) is 30.5 Å². The summed E-state index contributed by atoms with van der Waals surface area (Å²) in [7, 11) is 2.05. The van der Waals surface area contributed by atoms with E-state index >= 15 is 0 Å². The van der Waals surface area contributed by atoms with Gasteiger partial charge in [-0.3, -0.25) is 0 Å². The second-order valence-corrected chi connectivity index (χ2v) is 4.89. The Morgan fingerprint density at radius 2 is 2.00 bits per heavy atom. The van der Waals surface area contributed by atoms with Crippen LogP contribution in [0, 0.1) is 0 Å². The molecule has 2 rings (SSSR count). The van der Waals surface area contributed by atoms with Crippen LogP contribution in [0.2, 0.25) is 0 Å². The van der Waals surface area contributed by atoms with Gasteiger partial charge in [0.25, 0.3) is 0 Å². The number of nitrogens with two attached hydrogens (primary N) is 1. The minimum Gasteiger partial charge on any atom is -0.396 e. The molecule has 2 aromatic rings. The highest BCUT2D eigenvalue weighted by molar-refractivity contribution is 5.67. The van der Waals surface area contributed by atoms with Crippen LogP contribution in [0.15, 0.2) is 42.6 Å². The first-order chi connectivity index (χ1) is 9.70. The van der Waals surface area contributed by atoms with Crippen LogP contribution in [0.1, 0.15) is 18.9 Å². The summed E-state index contributed by atoms with van der Waals surface area (Å²) in [6.07, 6.45) is 2.96. The molecule has 0 atom stereocenters. The molecule has 0 aliphatic heterocycles. The third-order valence-corrected chi connectivity index (χ3v) is 3.21. The number of hydrogen-bond acceptors (Lipinski definition) is 4. The fourth-order valence-corrected chi connectivity index (χ4v) is 2.07. The SMILES string of the molecule is CCCN(C)c1cnc(NCc2ccccc2)c(N)c1. The standard InChI is InChI=1S/C16H22N4/c1-3-9-20(2)14-10-15(17)16(19-12-14)18-11-13-7-5-4-6-8-13/h4-8,10,12H,3,9,11,17H2,1-2H3,(H,18,19). The third kappa shape index (κ3) is 3.63. The maximum atomic E-state index is 6.07. The fraction of sp³-hybridized carbons (Fsp3) is 0.312. The van der Waals surface area contributed by atoms with E-state index in [9.17, 15) is 0 Å². The lowest BCUT2D eigenvalue weighted by Crippen LogP contribution is -2.18. The van der Waals surface area contributed by atoms with Crippen molar-refractivity contribution in [2.75, 3.05) is 29.5 Å². The van der Waals surface area contributed by atoms with E-state index in [2.05, 4.69) is 41.3 Å². The predicted octanol–water partition coefficient (Wildman–Crippen LogP) is 3.12. The molecular weight excluding hydrogens is 248 g/mol. The summed E-state index contributed by atoms with van der Waals surface area (Å²) < 4.78 is 0. The Morgan fingerprint density at radius 3 is 2.65 bits per heavy atom. The molecule has 0 aliphatic carbocycles. The lowest BCUT2D eigenvalue weighted by atomic mass is 10.2. The van der Waals surface area contributed by atoms with Crippen LogP contribution in [-0.2, 0) is 6.54 Å². The lowest BCUT2D eigenvalue weighted by Gasteiger charge is -2.19. The third-order valence-electron chi connectivity index (χ3n) is 3.21. The molecule has 1 heterocycles. The number of pyridine rings is 1. The molecule has 0 bridgehead atoms. The average Bonchev–Trinajstić information content (AvgIpc) is 2.47. The zero-order chi connectivity index (χ0) is 14.4. The van der Waals surface area contributed by atoms with Crippen LogP contribution in [0.3, 0.4) is 0 Å². The highest BCUT2D eigenvalue weighted by Crippen LogP contribution is 2.22. The van der Waals surface area contributed by atoms with Crippen LogP contribution >= 0.6 is 0 Å². The minimum atomic E-state index is 0.682. The highest BCUT2D eigenvalue weighted by atomic mass is 15.1. The summed E-state index contributed by atoms with van der Waals surface area (Å²) in [5.74, 6) is 0.738. The van der Waals surface area contributed by atoms with Crippen LogP contribution in [0.25, 0.3) is 0 Å². The molecule has 0 saturated heterocycles. The van der Waals surface area contributed by atoms with E-state index in [0.717, 1.165) is 31.0 Å². The van der Waals surface area contributed by atoms with Crippen molar-refractivity contribution in [2.24, 2.45) is 0 Å². The molecule has 0 amide bonds. The number of nitrogens with one attached hydrogen (secondary N) is 1. The van der Waals surface area contributed by atoms with Gasteiger partial charge in [0.2, 0.25) is 0 Å². The van der Waals surface area contributed by atoms with Gasteiger partial charge in [-0.2, -0.15) is 0 Å². The molecule has 0 radical (unpaired) electrons. The smallest absolute Gasteiger partial charge is 0.149 e. The van der Waals surface area contributed by atoms with Gasteiger partial charge in [0.05, 0.1) is 17.6 Å². The maximum absolute atomic E-state index is 6.07. The van der Waals surface area contributed by atoms with Gasteiger partial charge >= 0.3 is 0 Å². The lowest BCUT2D eigenvalue weighted by molar-refractivity contribution is 0.850. The van der Waals surface area contributed by atoms with Crippen molar-refractivity contribution in [3.8, 4) is 0 Å². The van der Waals surface area contributed by atoms with Crippen LogP contribution in [0.5, 0.6) is 0 Å². The van der Waals surface area contributed by atoms with Crippen molar-refractivity contribution in [3.05, 3.63) is 48.2 Å². The highest BCUT2D eigenvalue weighted by Gasteiger charge is 2.05. The Labute approximate surface area is 120 Å². The van der Waals surface area contributed by atoms with Gasteiger partial charge in [-0.25, -0.2) is 4.98 Å². The summed E-state index contributed by atoms with van der Waals surface area (Å²) in [4.78, 5) is 6.58. The van der Waals surface area contributed by atoms with Gasteiger partial charge in [-0.05, 0) is 18.1 Å². The summed E-state index contributed by atoms with van der Waals surface area (Å²) in [6, 6.07) is 12.2. The molecule has 0 unspecified atom stereocenters. The Hall–Kier alpha value is -2.23. The number of aromatic nitrogens is 1. The molecule has 0 saturated carbocycles. The Balaban J connectivity index is 2.02.